The Morgan fingerprint density at radius 1 is 1.04 bits per heavy atom. The topological polar surface area (TPSA) is 47.6 Å². The van der Waals surface area contributed by atoms with Crippen molar-refractivity contribution >= 4 is 11.6 Å². The van der Waals surface area contributed by atoms with Crippen LogP contribution in [0, 0.1) is 6.92 Å². The van der Waals surface area contributed by atoms with Gasteiger partial charge in [0.2, 0.25) is 0 Å². The van der Waals surface area contributed by atoms with Gasteiger partial charge in [0, 0.05) is 5.69 Å². The summed E-state index contributed by atoms with van der Waals surface area (Å²) >= 11 is 0. The van der Waals surface area contributed by atoms with Crippen LogP contribution in [0.5, 0.6) is 11.5 Å². The van der Waals surface area contributed by atoms with Gasteiger partial charge in [-0.05, 0) is 49.7 Å². The lowest BCUT2D eigenvalue weighted by Crippen LogP contribution is -2.14. The smallest absolute Gasteiger partial charge is 0.254 e. The zero-order valence-electron chi connectivity index (χ0n) is 13.6. The molecule has 0 aliphatic heterocycles. The van der Waals surface area contributed by atoms with E-state index in [4.69, 9.17) is 9.47 Å². The molecule has 0 saturated heterocycles. The predicted octanol–water partition coefficient (Wildman–Crippen LogP) is 4.32. The van der Waals surface area contributed by atoms with E-state index >= 15 is 0 Å². The molecule has 0 bridgehead atoms. The number of nitrogens with one attached hydrogen (secondary N) is 1. The number of ether oxygens (including phenoxy) is 2. The van der Waals surface area contributed by atoms with Crippen molar-refractivity contribution < 1.29 is 14.3 Å². The van der Waals surface area contributed by atoms with Crippen LogP contribution in [0.3, 0.4) is 0 Å². The number of hydrogen-bond donors (Lipinski definition) is 1. The second kappa shape index (κ2) is 8.03. The van der Waals surface area contributed by atoms with Crippen LogP contribution < -0.4 is 14.8 Å². The van der Waals surface area contributed by atoms with Crippen LogP contribution >= 0.6 is 0 Å². The fourth-order valence-electron chi connectivity index (χ4n) is 1.94. The van der Waals surface area contributed by atoms with Crippen LogP contribution in [-0.2, 0) is 4.79 Å². The van der Waals surface area contributed by atoms with Crippen LogP contribution in [-0.4, -0.2) is 13.0 Å². The van der Waals surface area contributed by atoms with Crippen LogP contribution in [0.2, 0.25) is 0 Å². The lowest BCUT2D eigenvalue weighted by atomic mass is 10.2. The van der Waals surface area contributed by atoms with Crippen LogP contribution in [0.1, 0.15) is 18.9 Å². The maximum atomic E-state index is 12.3. The molecule has 0 atom stereocenters. The van der Waals surface area contributed by atoms with Crippen molar-refractivity contribution in [3.63, 3.8) is 0 Å². The lowest BCUT2D eigenvalue weighted by molar-refractivity contribution is -0.113. The molecule has 23 heavy (non-hydrogen) atoms. The third-order valence-corrected chi connectivity index (χ3v) is 3.38. The highest BCUT2D eigenvalue weighted by molar-refractivity contribution is 6.03. The van der Waals surface area contributed by atoms with Gasteiger partial charge in [-0.3, -0.25) is 4.79 Å². The number of amides is 1. The van der Waals surface area contributed by atoms with Gasteiger partial charge in [-0.25, -0.2) is 0 Å². The highest BCUT2D eigenvalue weighted by Gasteiger charge is 2.08. The fraction of sp³-hybridized carbons (Fsp3) is 0.211. The Morgan fingerprint density at radius 2 is 1.65 bits per heavy atom. The quantitative estimate of drug-likeness (QED) is 0.638. The lowest BCUT2D eigenvalue weighted by Gasteiger charge is -2.08. The van der Waals surface area contributed by atoms with Crippen LogP contribution in [0.15, 0.2) is 60.4 Å². The molecule has 1 amide bonds. The number of hydrogen-bond acceptors (Lipinski definition) is 3. The number of aryl methyl sites for hydroxylation is 1. The molecule has 1 N–H and O–H groups in total. The molecular weight excluding hydrogens is 290 g/mol. The average Bonchev–Trinajstić information content (AvgIpc) is 2.58. The van der Waals surface area contributed by atoms with Crippen LogP contribution in [0.4, 0.5) is 5.69 Å². The maximum absolute atomic E-state index is 12.3. The van der Waals surface area contributed by atoms with Crippen molar-refractivity contribution in [3.05, 3.63) is 65.9 Å². The molecule has 2 aromatic rings. The minimum atomic E-state index is -0.162. The zero-order chi connectivity index (χ0) is 16.7. The molecule has 0 saturated carbocycles. The van der Waals surface area contributed by atoms with E-state index in [0.29, 0.717) is 17.7 Å². The summed E-state index contributed by atoms with van der Waals surface area (Å²) in [5.41, 5.74) is 2.49. The standard InChI is InChI=1S/C19H21NO3/c1-4-15(13-23-18-11-9-17(22-3)10-12-18)19(21)20-16-7-5-14(2)6-8-16/h5-13H,4H2,1-3H3,(H,20,21). The van der Waals surface area contributed by atoms with Gasteiger partial charge in [-0.15, -0.1) is 0 Å². The van der Waals surface area contributed by atoms with Crippen molar-refractivity contribution in [2.45, 2.75) is 20.3 Å². The Bertz CT molecular complexity index is 673. The number of methoxy groups -OCH3 is 1. The molecule has 0 spiro atoms. The largest absolute Gasteiger partial charge is 0.497 e. The summed E-state index contributed by atoms with van der Waals surface area (Å²) in [4.78, 5) is 12.3. The van der Waals surface area contributed by atoms with Gasteiger partial charge in [-0.2, -0.15) is 0 Å². The SMILES string of the molecule is CCC(=COc1ccc(OC)cc1)C(=O)Nc1ccc(C)cc1. The Balaban J connectivity index is 2.01. The zero-order valence-corrected chi connectivity index (χ0v) is 13.6. The van der Waals surface area contributed by atoms with Gasteiger partial charge in [0.1, 0.15) is 11.5 Å². The normalized spacial score (nSPS) is 11.0. The molecule has 0 unspecified atom stereocenters. The first kappa shape index (κ1) is 16.6. The van der Waals surface area contributed by atoms with Gasteiger partial charge in [0.15, 0.2) is 0 Å². The first-order chi connectivity index (χ1) is 11.1. The van der Waals surface area contributed by atoms with Gasteiger partial charge >= 0.3 is 0 Å². The molecule has 0 aliphatic rings. The van der Waals surface area contributed by atoms with Gasteiger partial charge < -0.3 is 14.8 Å². The number of carbonyl (C=O) groups is 1. The monoisotopic (exact) mass is 311 g/mol. The van der Waals surface area contributed by atoms with E-state index in [1.54, 1.807) is 31.4 Å². The molecule has 4 nitrogen and oxygen atoms in total. The van der Waals surface area contributed by atoms with Crippen molar-refractivity contribution in [1.82, 2.24) is 0 Å². The Hall–Kier alpha value is -2.75. The summed E-state index contributed by atoms with van der Waals surface area (Å²) in [6, 6.07) is 14.9. The van der Waals surface area contributed by atoms with Gasteiger partial charge in [0.05, 0.1) is 18.9 Å². The third-order valence-electron chi connectivity index (χ3n) is 3.38. The van der Waals surface area contributed by atoms with Crippen molar-refractivity contribution in [2.75, 3.05) is 12.4 Å². The Labute approximate surface area is 136 Å². The molecule has 0 radical (unpaired) electrons. The highest BCUT2D eigenvalue weighted by atomic mass is 16.5. The minimum Gasteiger partial charge on any atom is -0.497 e. The second-order valence-corrected chi connectivity index (χ2v) is 5.11. The second-order valence-electron chi connectivity index (χ2n) is 5.11. The Kier molecular flexibility index (Phi) is 5.80. The molecule has 4 heteroatoms. The fourth-order valence-corrected chi connectivity index (χ4v) is 1.94. The number of benzene rings is 2. The summed E-state index contributed by atoms with van der Waals surface area (Å²) in [5.74, 6) is 1.25. The van der Waals surface area contributed by atoms with Crippen LogP contribution in [0.25, 0.3) is 0 Å². The van der Waals surface area contributed by atoms with Gasteiger partial charge in [0.25, 0.3) is 5.91 Å². The third kappa shape index (κ3) is 4.88. The molecule has 120 valence electrons. The van der Waals surface area contributed by atoms with E-state index in [2.05, 4.69) is 5.32 Å². The molecule has 0 heterocycles. The van der Waals surface area contributed by atoms with Crippen molar-refractivity contribution in [3.8, 4) is 11.5 Å². The van der Waals surface area contributed by atoms with E-state index in [1.807, 2.05) is 38.1 Å². The first-order valence-electron chi connectivity index (χ1n) is 7.50. The summed E-state index contributed by atoms with van der Waals surface area (Å²) in [6.07, 6.45) is 2.07. The van der Waals surface area contributed by atoms with E-state index in [0.717, 1.165) is 17.0 Å². The van der Waals surface area contributed by atoms with E-state index in [1.165, 1.54) is 6.26 Å². The van der Waals surface area contributed by atoms with E-state index in [9.17, 15) is 4.79 Å². The molecule has 0 aromatic heterocycles. The van der Waals surface area contributed by atoms with Crippen molar-refractivity contribution in [1.29, 1.82) is 0 Å². The maximum Gasteiger partial charge on any atom is 0.254 e. The summed E-state index contributed by atoms with van der Waals surface area (Å²) in [6.45, 7) is 3.92. The van der Waals surface area contributed by atoms with Gasteiger partial charge in [-0.1, -0.05) is 24.6 Å². The Morgan fingerprint density at radius 3 is 2.22 bits per heavy atom. The summed E-state index contributed by atoms with van der Waals surface area (Å²) < 4.78 is 10.7. The van der Waals surface area contributed by atoms with Crippen molar-refractivity contribution in [2.24, 2.45) is 0 Å². The minimum absolute atomic E-state index is 0.162. The molecule has 0 aliphatic carbocycles. The highest BCUT2D eigenvalue weighted by Crippen LogP contribution is 2.18. The number of anilines is 1. The van der Waals surface area contributed by atoms with E-state index < -0.39 is 0 Å². The number of carbonyl (C=O) groups excluding carboxylic acids is 1. The summed E-state index contributed by atoms with van der Waals surface area (Å²) in [5, 5.41) is 2.87. The predicted molar refractivity (Wildman–Crippen MR) is 91.8 cm³/mol. The molecule has 2 aromatic carbocycles. The van der Waals surface area contributed by atoms with E-state index in [-0.39, 0.29) is 5.91 Å². The first-order valence-corrected chi connectivity index (χ1v) is 7.50. The molecular formula is C19H21NO3. The number of rotatable bonds is 6. The molecule has 0 fully saturated rings. The average molecular weight is 311 g/mol. The summed E-state index contributed by atoms with van der Waals surface area (Å²) in [7, 11) is 1.61. The molecule has 2 rings (SSSR count).